The highest BCUT2D eigenvalue weighted by atomic mass is 19.4. The van der Waals surface area contributed by atoms with Crippen LogP contribution in [-0.2, 0) is 29.0 Å². The smallest absolute Gasteiger partial charge is 0.471 e. The van der Waals surface area contributed by atoms with Crippen molar-refractivity contribution in [3.63, 3.8) is 0 Å². The monoisotopic (exact) mass is 621 g/mol. The van der Waals surface area contributed by atoms with E-state index in [1.54, 1.807) is 19.2 Å². The van der Waals surface area contributed by atoms with Gasteiger partial charge in [-0.2, -0.15) is 13.2 Å². The van der Waals surface area contributed by atoms with E-state index in [4.69, 9.17) is 9.47 Å². The van der Waals surface area contributed by atoms with Crippen LogP contribution in [0.1, 0.15) is 51.4 Å². The Balaban J connectivity index is 1.32. The molecule has 0 atom stereocenters. The third-order valence-electron chi connectivity index (χ3n) is 8.36. The van der Waals surface area contributed by atoms with Crippen LogP contribution < -0.4 is 10.1 Å². The lowest BCUT2D eigenvalue weighted by Crippen LogP contribution is -2.38. The van der Waals surface area contributed by atoms with Crippen molar-refractivity contribution in [2.45, 2.75) is 51.4 Å². The first-order valence-electron chi connectivity index (χ1n) is 15.2. The number of likely N-dealkylation sites (tertiary alicyclic amines) is 1. The minimum Gasteiger partial charge on any atom is -0.493 e. The summed E-state index contributed by atoms with van der Waals surface area (Å²) in [6.07, 6.45) is -0.991. The maximum Gasteiger partial charge on any atom is 0.471 e. The molecule has 1 N–H and O–H groups in total. The summed E-state index contributed by atoms with van der Waals surface area (Å²) < 4.78 is 51.9. The lowest BCUT2D eigenvalue weighted by atomic mass is 9.87. The normalized spacial score (nSPS) is 14.1. The van der Waals surface area contributed by atoms with E-state index < -0.39 is 12.1 Å². The second kappa shape index (κ2) is 14.2. The standard InChI is InChI=1S/C35H38F3N3O4/c1-24-7-6-10-28-30(23-41(32(24)28)18-20-44-2)33(42)40-16-13-27(14-17-40)29-21-26(22-39-34(43)35(36,37)38)11-12-31(29)45-19-15-25-8-4-3-5-9-25/h3-12,21,23,27H,13-20,22H2,1-2H3,(H,39,43). The summed E-state index contributed by atoms with van der Waals surface area (Å²) in [5.41, 5.74) is 5.34. The molecule has 0 saturated carbocycles. The summed E-state index contributed by atoms with van der Waals surface area (Å²) in [5, 5.41) is 2.88. The van der Waals surface area contributed by atoms with Gasteiger partial charge in [-0.1, -0.05) is 60.7 Å². The van der Waals surface area contributed by atoms with Crippen molar-refractivity contribution in [2.24, 2.45) is 0 Å². The Kier molecular flexibility index (Phi) is 10.1. The number of benzene rings is 3. The van der Waals surface area contributed by atoms with Crippen LogP contribution in [-0.4, -0.2) is 60.9 Å². The van der Waals surface area contributed by atoms with Crippen LogP contribution >= 0.6 is 0 Å². The fourth-order valence-electron chi connectivity index (χ4n) is 6.01. The fraction of sp³-hybridized carbons (Fsp3) is 0.371. The van der Waals surface area contributed by atoms with Gasteiger partial charge < -0.3 is 24.3 Å². The molecule has 0 bridgehead atoms. The number of hydrogen-bond donors (Lipinski definition) is 1. The van der Waals surface area contributed by atoms with Crippen molar-refractivity contribution in [3.8, 4) is 5.75 Å². The van der Waals surface area contributed by atoms with E-state index in [1.165, 1.54) is 0 Å². The SMILES string of the molecule is COCCn1cc(C(=O)N2CCC(c3cc(CNC(=O)C(F)(F)F)ccc3OCCc3ccccc3)CC2)c2cccc(C)c21. The minimum atomic E-state index is -4.95. The molecule has 1 saturated heterocycles. The molecule has 5 rings (SSSR count). The number of methoxy groups -OCH3 is 1. The number of nitrogens with one attached hydrogen (secondary N) is 1. The summed E-state index contributed by atoms with van der Waals surface area (Å²) in [6, 6.07) is 21.2. The van der Waals surface area contributed by atoms with Crippen LogP contribution in [0, 0.1) is 6.92 Å². The molecular weight excluding hydrogens is 583 g/mol. The average molecular weight is 622 g/mol. The lowest BCUT2D eigenvalue weighted by molar-refractivity contribution is -0.173. The molecule has 10 heteroatoms. The van der Waals surface area contributed by atoms with E-state index in [1.807, 2.05) is 77.9 Å². The molecule has 0 aliphatic carbocycles. The Labute approximate surface area is 260 Å². The number of hydrogen-bond acceptors (Lipinski definition) is 4. The lowest BCUT2D eigenvalue weighted by Gasteiger charge is -2.33. The van der Waals surface area contributed by atoms with Gasteiger partial charge in [-0.05, 0) is 54.0 Å². The number of halogens is 3. The van der Waals surface area contributed by atoms with Crippen LogP contribution in [0.2, 0.25) is 0 Å². The molecule has 0 radical (unpaired) electrons. The number of ether oxygens (including phenoxy) is 2. The average Bonchev–Trinajstić information content (AvgIpc) is 3.42. The van der Waals surface area contributed by atoms with Crippen molar-refractivity contribution in [1.29, 1.82) is 0 Å². The summed E-state index contributed by atoms with van der Waals surface area (Å²) in [7, 11) is 1.66. The number of para-hydroxylation sites is 1. The first-order chi connectivity index (χ1) is 21.7. The number of nitrogens with zero attached hydrogens (tertiary/aromatic N) is 2. The fourth-order valence-corrected chi connectivity index (χ4v) is 6.01. The predicted molar refractivity (Wildman–Crippen MR) is 166 cm³/mol. The summed E-state index contributed by atoms with van der Waals surface area (Å²) in [5.74, 6) is -1.30. The zero-order valence-corrected chi connectivity index (χ0v) is 25.5. The zero-order chi connectivity index (χ0) is 32.0. The van der Waals surface area contributed by atoms with Gasteiger partial charge in [0.2, 0.25) is 0 Å². The van der Waals surface area contributed by atoms with Gasteiger partial charge in [0.15, 0.2) is 0 Å². The van der Waals surface area contributed by atoms with E-state index in [0.717, 1.165) is 27.6 Å². The van der Waals surface area contributed by atoms with Gasteiger partial charge in [0.1, 0.15) is 5.75 Å². The van der Waals surface area contributed by atoms with Gasteiger partial charge in [-0.25, -0.2) is 0 Å². The maximum atomic E-state index is 13.8. The number of rotatable bonds is 11. The summed E-state index contributed by atoms with van der Waals surface area (Å²) in [6.45, 7) is 4.45. The van der Waals surface area contributed by atoms with Gasteiger partial charge in [0, 0.05) is 51.3 Å². The van der Waals surface area contributed by atoms with E-state index >= 15 is 0 Å². The van der Waals surface area contributed by atoms with Gasteiger partial charge in [-0.15, -0.1) is 0 Å². The van der Waals surface area contributed by atoms with Crippen LogP contribution in [0.25, 0.3) is 10.9 Å². The number of amides is 2. The van der Waals surface area contributed by atoms with E-state index in [9.17, 15) is 22.8 Å². The Morgan fingerprint density at radius 3 is 2.42 bits per heavy atom. The molecular formula is C35H38F3N3O4. The Morgan fingerprint density at radius 1 is 0.956 bits per heavy atom. The number of piperidine rings is 1. The Morgan fingerprint density at radius 2 is 1.71 bits per heavy atom. The predicted octanol–water partition coefficient (Wildman–Crippen LogP) is 6.42. The summed E-state index contributed by atoms with van der Waals surface area (Å²) >= 11 is 0. The molecule has 1 aliphatic rings. The molecule has 45 heavy (non-hydrogen) atoms. The highest BCUT2D eigenvalue weighted by molar-refractivity contribution is 6.07. The quantitative estimate of drug-likeness (QED) is 0.210. The van der Waals surface area contributed by atoms with Crippen LogP contribution in [0.5, 0.6) is 5.75 Å². The van der Waals surface area contributed by atoms with Gasteiger partial charge in [0.25, 0.3) is 5.91 Å². The zero-order valence-electron chi connectivity index (χ0n) is 25.5. The number of aromatic nitrogens is 1. The molecule has 2 amide bonds. The number of fused-ring (bicyclic) bond motifs is 1. The third kappa shape index (κ3) is 7.68. The second-order valence-electron chi connectivity index (χ2n) is 11.4. The van der Waals surface area contributed by atoms with Gasteiger partial charge in [0.05, 0.1) is 24.3 Å². The van der Waals surface area contributed by atoms with Gasteiger partial charge in [-0.3, -0.25) is 9.59 Å². The first kappa shape index (κ1) is 32.1. The maximum absolute atomic E-state index is 13.8. The van der Waals surface area contributed by atoms with Crippen molar-refractivity contribution in [3.05, 3.63) is 101 Å². The molecule has 1 aromatic heterocycles. The number of alkyl halides is 3. The number of aryl methyl sites for hydroxylation is 1. The summed E-state index contributed by atoms with van der Waals surface area (Å²) in [4.78, 5) is 27.1. The van der Waals surface area contributed by atoms with Gasteiger partial charge >= 0.3 is 12.1 Å². The molecule has 238 valence electrons. The Hall–Kier alpha value is -4.31. The minimum absolute atomic E-state index is 0.0248. The Bertz CT molecular complexity index is 1630. The molecule has 2 heterocycles. The van der Waals surface area contributed by atoms with Crippen molar-refractivity contribution in [2.75, 3.05) is 33.4 Å². The third-order valence-corrected chi connectivity index (χ3v) is 8.36. The van der Waals surface area contributed by atoms with Crippen molar-refractivity contribution in [1.82, 2.24) is 14.8 Å². The highest BCUT2D eigenvalue weighted by Gasteiger charge is 2.38. The van der Waals surface area contributed by atoms with E-state index in [-0.39, 0.29) is 18.4 Å². The molecule has 4 aromatic rings. The van der Waals surface area contributed by atoms with Crippen LogP contribution in [0.15, 0.2) is 72.9 Å². The molecule has 0 spiro atoms. The van der Waals surface area contributed by atoms with Crippen molar-refractivity contribution < 1.29 is 32.2 Å². The molecule has 0 unspecified atom stereocenters. The van der Waals surface area contributed by atoms with Crippen LogP contribution in [0.3, 0.4) is 0 Å². The van der Waals surface area contributed by atoms with E-state index in [0.29, 0.717) is 69.0 Å². The van der Waals surface area contributed by atoms with E-state index in [2.05, 4.69) is 4.57 Å². The second-order valence-corrected chi connectivity index (χ2v) is 11.4. The molecule has 1 aliphatic heterocycles. The van der Waals surface area contributed by atoms with Crippen LogP contribution in [0.4, 0.5) is 13.2 Å². The first-order valence-corrected chi connectivity index (χ1v) is 15.2. The molecule has 3 aromatic carbocycles. The molecule has 1 fully saturated rings. The van der Waals surface area contributed by atoms with Crippen molar-refractivity contribution >= 4 is 22.7 Å². The topological polar surface area (TPSA) is 72.8 Å². The largest absolute Gasteiger partial charge is 0.493 e. The highest BCUT2D eigenvalue weighted by Crippen LogP contribution is 2.36. The number of carbonyl (C=O) groups is 2. The number of carbonyl (C=O) groups excluding carboxylic acids is 2. The molecule has 7 nitrogen and oxygen atoms in total.